The van der Waals surface area contributed by atoms with E-state index < -0.39 is 28.2 Å². The maximum absolute atomic E-state index is 14.4. The van der Waals surface area contributed by atoms with Gasteiger partial charge in [-0.25, -0.2) is 18.2 Å². The number of ether oxygens (including phenoxy) is 1. The first-order valence-corrected chi connectivity index (χ1v) is 9.85. The summed E-state index contributed by atoms with van der Waals surface area (Å²) in [4.78, 5) is 11.4. The van der Waals surface area contributed by atoms with Crippen LogP contribution in [0, 0.1) is 23.4 Å². The molecule has 2 aromatic rings. The van der Waals surface area contributed by atoms with Crippen LogP contribution in [0.3, 0.4) is 0 Å². The first kappa shape index (κ1) is 19.8. The summed E-state index contributed by atoms with van der Waals surface area (Å²) in [5, 5.41) is 5.82. The van der Waals surface area contributed by atoms with Gasteiger partial charge < -0.3 is 10.5 Å². The number of hydrazone groups is 1. The van der Waals surface area contributed by atoms with Gasteiger partial charge in [0, 0.05) is 30.0 Å². The molecule has 2 aliphatic heterocycles. The van der Waals surface area contributed by atoms with Crippen molar-refractivity contribution in [2.45, 2.75) is 18.2 Å². The monoisotopic (exact) mass is 421 g/mol. The van der Waals surface area contributed by atoms with E-state index in [1.807, 2.05) is 0 Å². The Morgan fingerprint density at radius 2 is 2.00 bits per heavy atom. The smallest absolute Gasteiger partial charge is 0.241 e. The molecule has 2 aromatic carbocycles. The molecule has 1 amide bonds. The molecule has 0 unspecified atom stereocenters. The zero-order valence-corrected chi connectivity index (χ0v) is 16.3. The molecule has 2 N–H and O–H groups in total. The number of halogens is 3. The van der Waals surface area contributed by atoms with Crippen molar-refractivity contribution < 1.29 is 22.7 Å². The van der Waals surface area contributed by atoms with Crippen molar-refractivity contribution in [2.24, 2.45) is 16.8 Å². The highest BCUT2D eigenvalue weighted by Crippen LogP contribution is 2.57. The highest BCUT2D eigenvalue weighted by atomic mass is 32.2. The lowest BCUT2D eigenvalue weighted by Crippen LogP contribution is -2.51. The number of rotatable bonds is 3. The maximum atomic E-state index is 14.4. The average Bonchev–Trinajstić information content (AvgIpc) is 3.06. The van der Waals surface area contributed by atoms with Crippen LogP contribution < -0.4 is 10.5 Å². The Hall–Kier alpha value is -2.52. The molecule has 2 heterocycles. The summed E-state index contributed by atoms with van der Waals surface area (Å²) in [6.45, 7) is 1.89. The van der Waals surface area contributed by atoms with Crippen molar-refractivity contribution in [1.82, 2.24) is 5.01 Å². The third kappa shape index (κ3) is 3.18. The highest BCUT2D eigenvalue weighted by molar-refractivity contribution is 8.15. The van der Waals surface area contributed by atoms with Gasteiger partial charge in [-0.3, -0.25) is 4.79 Å². The maximum Gasteiger partial charge on any atom is 0.241 e. The van der Waals surface area contributed by atoms with Gasteiger partial charge >= 0.3 is 0 Å². The van der Waals surface area contributed by atoms with E-state index in [1.165, 1.54) is 36.2 Å². The molecule has 152 valence electrons. The summed E-state index contributed by atoms with van der Waals surface area (Å²) in [6.07, 6.45) is 0.474. The van der Waals surface area contributed by atoms with Crippen LogP contribution in [0.1, 0.15) is 24.5 Å². The molecule has 0 saturated carbocycles. The average molecular weight is 421 g/mol. The van der Waals surface area contributed by atoms with Crippen LogP contribution in [-0.4, -0.2) is 29.1 Å². The number of hydrogen-bond acceptors (Lipinski definition) is 5. The summed E-state index contributed by atoms with van der Waals surface area (Å²) in [6, 6.07) is 7.24. The number of amides is 1. The molecule has 0 aromatic heterocycles. The van der Waals surface area contributed by atoms with Crippen LogP contribution in [0.15, 0.2) is 41.5 Å². The molecular weight excluding hydrogens is 403 g/mol. The minimum absolute atomic E-state index is 0.0652. The van der Waals surface area contributed by atoms with E-state index in [0.29, 0.717) is 24.3 Å². The summed E-state index contributed by atoms with van der Waals surface area (Å²) in [5.41, 5.74) is 6.29. The summed E-state index contributed by atoms with van der Waals surface area (Å²) in [5.74, 6) is -2.29. The van der Waals surface area contributed by atoms with E-state index in [0.717, 1.165) is 23.9 Å². The number of nitrogens with two attached hydrogens (primary N) is 1. The van der Waals surface area contributed by atoms with Crippen molar-refractivity contribution in [1.29, 1.82) is 0 Å². The second-order valence-corrected chi connectivity index (χ2v) is 8.10. The van der Waals surface area contributed by atoms with Gasteiger partial charge in [-0.1, -0.05) is 11.8 Å². The molecule has 0 aliphatic carbocycles. The van der Waals surface area contributed by atoms with Gasteiger partial charge in [0.1, 0.15) is 28.2 Å². The van der Waals surface area contributed by atoms with Gasteiger partial charge in [-0.15, -0.1) is 0 Å². The number of fused-ring (bicyclic) bond motifs is 2. The largest absolute Gasteiger partial charge is 0.493 e. The van der Waals surface area contributed by atoms with Gasteiger partial charge in [0.2, 0.25) is 5.91 Å². The molecule has 4 rings (SSSR count). The second-order valence-electron chi connectivity index (χ2n) is 6.88. The fourth-order valence-corrected chi connectivity index (χ4v) is 5.36. The van der Waals surface area contributed by atoms with Crippen molar-refractivity contribution in [3.63, 3.8) is 0 Å². The molecule has 2 aliphatic rings. The van der Waals surface area contributed by atoms with E-state index in [2.05, 4.69) is 5.10 Å². The van der Waals surface area contributed by atoms with Crippen molar-refractivity contribution in [3.8, 4) is 5.75 Å². The second kappa shape index (κ2) is 7.38. The molecule has 9 heteroatoms. The lowest BCUT2D eigenvalue weighted by Gasteiger charge is -2.45. The van der Waals surface area contributed by atoms with E-state index in [4.69, 9.17) is 10.5 Å². The molecule has 0 bridgehead atoms. The first-order valence-electron chi connectivity index (χ1n) is 9.03. The molecule has 29 heavy (non-hydrogen) atoms. The molecule has 0 radical (unpaired) electrons. The number of nitrogens with zero attached hydrogens (tertiary/aromatic N) is 2. The van der Waals surface area contributed by atoms with Crippen LogP contribution >= 0.6 is 11.8 Å². The van der Waals surface area contributed by atoms with Crippen LogP contribution in [0.2, 0.25) is 0 Å². The fourth-order valence-electron chi connectivity index (χ4n) is 3.79. The Kier molecular flexibility index (Phi) is 5.04. The van der Waals surface area contributed by atoms with Crippen LogP contribution in [-0.2, 0) is 9.67 Å². The minimum atomic E-state index is -1.14. The van der Waals surface area contributed by atoms with Crippen molar-refractivity contribution >= 4 is 22.7 Å². The van der Waals surface area contributed by atoms with E-state index >= 15 is 0 Å². The molecule has 5 nitrogen and oxygen atoms in total. The SMILES string of the molecule is CC(=O)N1N=C(c2ccc(F)cc2F)S[C@@]12c1cc(F)ccc1OC[C@@H]2CCN. The van der Waals surface area contributed by atoms with Gasteiger partial charge in [0.15, 0.2) is 4.87 Å². The number of hydrogen-bond donors (Lipinski definition) is 1. The minimum Gasteiger partial charge on any atom is -0.493 e. The zero-order valence-electron chi connectivity index (χ0n) is 15.5. The third-order valence-electron chi connectivity index (χ3n) is 5.05. The van der Waals surface area contributed by atoms with Crippen LogP contribution in [0.5, 0.6) is 5.75 Å². The van der Waals surface area contributed by atoms with Gasteiger partial charge in [-0.2, -0.15) is 5.10 Å². The normalized spacial score (nSPS) is 23.0. The van der Waals surface area contributed by atoms with Crippen molar-refractivity contribution in [3.05, 3.63) is 65.0 Å². The van der Waals surface area contributed by atoms with E-state index in [-0.39, 0.29) is 23.1 Å². The Morgan fingerprint density at radius 3 is 2.69 bits per heavy atom. The summed E-state index contributed by atoms with van der Waals surface area (Å²) < 4.78 is 47.8. The van der Waals surface area contributed by atoms with Crippen molar-refractivity contribution in [2.75, 3.05) is 13.2 Å². The quantitative estimate of drug-likeness (QED) is 0.823. The number of carbonyl (C=O) groups is 1. The Morgan fingerprint density at radius 1 is 1.28 bits per heavy atom. The summed E-state index contributed by atoms with van der Waals surface area (Å²) in [7, 11) is 0. The molecule has 0 fully saturated rings. The summed E-state index contributed by atoms with van der Waals surface area (Å²) >= 11 is 1.13. The molecule has 1 spiro atoms. The predicted molar refractivity (Wildman–Crippen MR) is 104 cm³/mol. The highest BCUT2D eigenvalue weighted by Gasteiger charge is 2.56. The van der Waals surface area contributed by atoms with E-state index in [9.17, 15) is 18.0 Å². The Labute approximate surface area is 169 Å². The Balaban J connectivity index is 1.90. The number of thioether (sulfide) groups is 1. The molecular formula is C20H18F3N3O2S. The lowest BCUT2D eigenvalue weighted by molar-refractivity contribution is -0.134. The van der Waals surface area contributed by atoms with Crippen LogP contribution in [0.4, 0.5) is 13.2 Å². The lowest BCUT2D eigenvalue weighted by atomic mass is 9.86. The standard InChI is InChI=1S/C20H18F3N3O2S/c1-11(27)26-20(29-19(25-26)15-4-2-14(22)9-17(15)23)12(6-7-24)10-28-18-5-3-13(21)8-16(18)20/h2-5,8-9,12H,6-7,10,24H2,1H3/t12-,20-/m0/s1. The fraction of sp³-hybridized carbons (Fsp3) is 0.300. The number of benzene rings is 2. The van der Waals surface area contributed by atoms with Crippen LogP contribution in [0.25, 0.3) is 0 Å². The van der Waals surface area contributed by atoms with E-state index in [1.54, 1.807) is 0 Å². The molecule has 0 saturated heterocycles. The molecule has 2 atom stereocenters. The third-order valence-corrected chi connectivity index (χ3v) is 6.59. The van der Waals surface area contributed by atoms with Gasteiger partial charge in [0.25, 0.3) is 0 Å². The first-order chi connectivity index (χ1) is 13.9. The predicted octanol–water partition coefficient (Wildman–Crippen LogP) is 3.57. The van der Waals surface area contributed by atoms with Gasteiger partial charge in [0.05, 0.1) is 6.61 Å². The Bertz CT molecular complexity index is 1020. The zero-order chi connectivity index (χ0) is 20.8. The van der Waals surface area contributed by atoms with Gasteiger partial charge in [-0.05, 0) is 43.3 Å². The number of carbonyl (C=O) groups excluding carboxylic acids is 1. The topological polar surface area (TPSA) is 67.9 Å².